The third-order valence-corrected chi connectivity index (χ3v) is 3.28. The van der Waals surface area contributed by atoms with Gasteiger partial charge in [0.05, 0.1) is 4.91 Å². The summed E-state index contributed by atoms with van der Waals surface area (Å²) in [5.41, 5.74) is 0.293. The van der Waals surface area contributed by atoms with Crippen LogP contribution in [-0.4, -0.2) is 22.6 Å². The predicted octanol–water partition coefficient (Wildman–Crippen LogP) is 3.05. The molecular weight excluding hydrogens is 253 g/mol. The van der Waals surface area contributed by atoms with E-state index in [2.05, 4.69) is 6.58 Å². The summed E-state index contributed by atoms with van der Waals surface area (Å²) in [6.45, 7) is 3.65. The number of amides is 2. The van der Waals surface area contributed by atoms with E-state index in [9.17, 15) is 14.0 Å². The number of imide groups is 1. The van der Waals surface area contributed by atoms with Gasteiger partial charge in [0.2, 0.25) is 0 Å². The topological polar surface area (TPSA) is 37.4 Å². The van der Waals surface area contributed by atoms with Gasteiger partial charge in [-0.15, -0.1) is 6.58 Å². The molecule has 1 aliphatic rings. The van der Waals surface area contributed by atoms with Crippen molar-refractivity contribution in [2.45, 2.75) is 0 Å². The van der Waals surface area contributed by atoms with Crippen LogP contribution in [0, 0.1) is 5.82 Å². The monoisotopic (exact) mass is 263 g/mol. The first-order valence-electron chi connectivity index (χ1n) is 5.24. The summed E-state index contributed by atoms with van der Waals surface area (Å²) in [6.07, 6.45) is 2.87. The Labute approximate surface area is 108 Å². The Morgan fingerprint density at radius 2 is 2.06 bits per heavy atom. The maximum atomic E-state index is 13.4. The van der Waals surface area contributed by atoms with E-state index in [1.165, 1.54) is 18.2 Å². The number of halogens is 1. The third kappa shape index (κ3) is 2.36. The van der Waals surface area contributed by atoms with Crippen molar-refractivity contribution in [2.24, 2.45) is 0 Å². The lowest BCUT2D eigenvalue weighted by Gasteiger charge is -2.07. The van der Waals surface area contributed by atoms with Crippen molar-refractivity contribution in [1.82, 2.24) is 4.90 Å². The maximum absolute atomic E-state index is 13.4. The van der Waals surface area contributed by atoms with Crippen LogP contribution in [0.4, 0.5) is 9.18 Å². The van der Waals surface area contributed by atoms with E-state index in [4.69, 9.17) is 0 Å². The molecule has 1 aromatic carbocycles. The minimum Gasteiger partial charge on any atom is -0.268 e. The van der Waals surface area contributed by atoms with E-state index < -0.39 is 11.7 Å². The number of carbonyl (C=O) groups excluding carboxylic acids is 2. The van der Waals surface area contributed by atoms with E-state index in [-0.39, 0.29) is 16.7 Å². The molecule has 0 spiro atoms. The highest BCUT2D eigenvalue weighted by atomic mass is 32.2. The van der Waals surface area contributed by atoms with Gasteiger partial charge in [0.25, 0.3) is 11.1 Å². The molecule has 1 heterocycles. The third-order valence-electron chi connectivity index (χ3n) is 2.38. The largest absolute Gasteiger partial charge is 0.293 e. The van der Waals surface area contributed by atoms with Gasteiger partial charge in [-0.3, -0.25) is 14.5 Å². The number of nitrogens with zero attached hydrogens (tertiary/aromatic N) is 1. The molecule has 0 unspecified atom stereocenters. The first-order chi connectivity index (χ1) is 8.63. The zero-order valence-corrected chi connectivity index (χ0v) is 10.2. The second-order valence-electron chi connectivity index (χ2n) is 3.60. The fourth-order valence-corrected chi connectivity index (χ4v) is 2.36. The summed E-state index contributed by atoms with van der Waals surface area (Å²) in [6, 6.07) is 6.09. The van der Waals surface area contributed by atoms with E-state index in [1.807, 2.05) is 0 Å². The Kier molecular flexibility index (Phi) is 3.62. The summed E-state index contributed by atoms with van der Waals surface area (Å²) in [7, 11) is 0. The molecule has 1 saturated heterocycles. The molecule has 0 aromatic heterocycles. The fraction of sp³-hybridized carbons (Fsp3) is 0.0769. The van der Waals surface area contributed by atoms with Crippen molar-refractivity contribution in [2.75, 3.05) is 6.54 Å². The molecule has 5 heteroatoms. The number of thioether (sulfide) groups is 1. The molecule has 2 amide bonds. The predicted molar refractivity (Wildman–Crippen MR) is 69.3 cm³/mol. The van der Waals surface area contributed by atoms with E-state index in [0.717, 1.165) is 16.7 Å². The molecule has 1 aromatic rings. The van der Waals surface area contributed by atoms with E-state index in [1.54, 1.807) is 18.2 Å². The average Bonchev–Trinajstić information content (AvgIpc) is 2.60. The van der Waals surface area contributed by atoms with Gasteiger partial charge >= 0.3 is 0 Å². The second kappa shape index (κ2) is 5.18. The molecule has 0 saturated carbocycles. The van der Waals surface area contributed by atoms with Crippen LogP contribution in [0.5, 0.6) is 0 Å². The van der Waals surface area contributed by atoms with E-state index >= 15 is 0 Å². The van der Waals surface area contributed by atoms with Crippen molar-refractivity contribution in [3.05, 3.63) is 53.2 Å². The van der Waals surface area contributed by atoms with Crippen LogP contribution in [-0.2, 0) is 4.79 Å². The molecule has 1 aliphatic heterocycles. The van der Waals surface area contributed by atoms with E-state index in [0.29, 0.717) is 5.56 Å². The Morgan fingerprint density at radius 3 is 2.72 bits per heavy atom. The summed E-state index contributed by atoms with van der Waals surface area (Å²) in [4.78, 5) is 24.7. The van der Waals surface area contributed by atoms with Crippen molar-refractivity contribution in [3.63, 3.8) is 0 Å². The Balaban J connectivity index is 2.31. The van der Waals surface area contributed by atoms with Gasteiger partial charge in [-0.1, -0.05) is 24.3 Å². The Hall–Kier alpha value is -1.88. The van der Waals surface area contributed by atoms with Crippen LogP contribution in [0.3, 0.4) is 0 Å². The number of hydrogen-bond donors (Lipinski definition) is 0. The molecule has 18 heavy (non-hydrogen) atoms. The Bertz CT molecular complexity index is 554. The molecule has 3 nitrogen and oxygen atoms in total. The van der Waals surface area contributed by atoms with Crippen molar-refractivity contribution in [3.8, 4) is 0 Å². The second-order valence-corrected chi connectivity index (χ2v) is 4.60. The van der Waals surface area contributed by atoms with Gasteiger partial charge in [0.15, 0.2) is 0 Å². The van der Waals surface area contributed by atoms with Gasteiger partial charge in [0.1, 0.15) is 5.82 Å². The summed E-state index contributed by atoms with van der Waals surface area (Å²) >= 11 is 0.809. The zero-order chi connectivity index (χ0) is 13.1. The minimum atomic E-state index is -0.423. The van der Waals surface area contributed by atoms with Crippen LogP contribution in [0.25, 0.3) is 6.08 Å². The quantitative estimate of drug-likeness (QED) is 0.621. The van der Waals surface area contributed by atoms with Crippen LogP contribution < -0.4 is 0 Å². The SMILES string of the molecule is C=CCN1C(=O)S/C(=C/c2ccccc2F)C1=O. The molecule has 0 aliphatic carbocycles. The van der Waals surface area contributed by atoms with Gasteiger partial charge in [-0.25, -0.2) is 4.39 Å². The van der Waals surface area contributed by atoms with Crippen LogP contribution in [0.1, 0.15) is 5.56 Å². The molecule has 92 valence electrons. The maximum Gasteiger partial charge on any atom is 0.293 e. The van der Waals surface area contributed by atoms with Crippen LogP contribution in [0.15, 0.2) is 41.8 Å². The molecule has 2 rings (SSSR count). The molecule has 0 radical (unpaired) electrons. The number of benzene rings is 1. The number of carbonyl (C=O) groups is 2. The highest BCUT2D eigenvalue weighted by molar-refractivity contribution is 8.18. The van der Waals surface area contributed by atoms with Crippen molar-refractivity contribution in [1.29, 1.82) is 0 Å². The van der Waals surface area contributed by atoms with Crippen molar-refractivity contribution >= 4 is 29.0 Å². The molecule has 1 fully saturated rings. The first kappa shape index (κ1) is 12.6. The number of hydrogen-bond acceptors (Lipinski definition) is 3. The first-order valence-corrected chi connectivity index (χ1v) is 6.06. The summed E-state index contributed by atoms with van der Waals surface area (Å²) < 4.78 is 13.4. The Morgan fingerprint density at radius 1 is 1.33 bits per heavy atom. The van der Waals surface area contributed by atoms with Gasteiger partial charge in [-0.05, 0) is 23.9 Å². The lowest BCUT2D eigenvalue weighted by molar-refractivity contribution is -0.122. The van der Waals surface area contributed by atoms with Gasteiger partial charge in [0, 0.05) is 12.1 Å². The van der Waals surface area contributed by atoms with Gasteiger partial charge < -0.3 is 0 Å². The molecule has 0 N–H and O–H groups in total. The standard InChI is InChI=1S/C13H10FNO2S/c1-2-7-15-12(16)11(18-13(15)17)8-9-5-3-4-6-10(9)14/h2-6,8H,1,7H2/b11-8+. The van der Waals surface area contributed by atoms with Crippen molar-refractivity contribution < 1.29 is 14.0 Å². The minimum absolute atomic E-state index is 0.166. The smallest absolute Gasteiger partial charge is 0.268 e. The average molecular weight is 263 g/mol. The lowest BCUT2D eigenvalue weighted by atomic mass is 10.2. The fourth-order valence-electron chi connectivity index (χ4n) is 1.52. The lowest BCUT2D eigenvalue weighted by Crippen LogP contribution is -2.27. The molecule has 0 bridgehead atoms. The highest BCUT2D eigenvalue weighted by Gasteiger charge is 2.34. The summed E-state index contributed by atoms with van der Waals surface area (Å²) in [5.74, 6) is -0.832. The number of rotatable bonds is 3. The summed E-state index contributed by atoms with van der Waals surface area (Å²) in [5, 5.41) is -0.359. The van der Waals surface area contributed by atoms with Gasteiger partial charge in [-0.2, -0.15) is 0 Å². The molecular formula is C13H10FNO2S. The zero-order valence-electron chi connectivity index (χ0n) is 9.43. The highest BCUT2D eigenvalue weighted by Crippen LogP contribution is 2.32. The van der Waals surface area contributed by atoms with Crippen LogP contribution >= 0.6 is 11.8 Å². The normalized spacial score (nSPS) is 17.6. The van der Waals surface area contributed by atoms with Crippen LogP contribution in [0.2, 0.25) is 0 Å². The molecule has 0 atom stereocenters.